The van der Waals surface area contributed by atoms with Crippen molar-refractivity contribution in [3.05, 3.63) is 45.9 Å². The number of anilines is 1. The first-order valence-electron chi connectivity index (χ1n) is 7.49. The number of benzene rings is 1. The van der Waals surface area contributed by atoms with Crippen LogP contribution in [0.25, 0.3) is 0 Å². The molecule has 2 rings (SSSR count). The molecule has 1 aromatic carbocycles. The molecule has 0 saturated carbocycles. The van der Waals surface area contributed by atoms with Gasteiger partial charge in [-0.3, -0.25) is 0 Å². The average molecular weight is 444 g/mol. The summed E-state index contributed by atoms with van der Waals surface area (Å²) in [5.41, 5.74) is 9.23. The minimum Gasteiger partial charge on any atom is -0.370 e. The summed E-state index contributed by atoms with van der Waals surface area (Å²) in [6.07, 6.45) is 1.00. The fourth-order valence-corrected chi connectivity index (χ4v) is 2.85. The topological polar surface area (TPSA) is 63.3 Å². The van der Waals surface area contributed by atoms with Gasteiger partial charge in [-0.15, -0.1) is 35.3 Å². The monoisotopic (exact) mass is 444 g/mol. The molecule has 1 aromatic heterocycles. The molecule has 6 heteroatoms. The van der Waals surface area contributed by atoms with Crippen LogP contribution in [0.1, 0.15) is 44.0 Å². The summed E-state index contributed by atoms with van der Waals surface area (Å²) in [5, 5.41) is 6.30. The normalized spacial score (nSPS) is 11.9. The number of nitrogens with one attached hydrogen (secondary N) is 1. The SMILES string of the molecule is CCc1cccc(NC(N)=NCc2csc(C(C)(C)C)n2)c1.I. The van der Waals surface area contributed by atoms with E-state index in [9.17, 15) is 0 Å². The molecule has 0 radical (unpaired) electrons. The summed E-state index contributed by atoms with van der Waals surface area (Å²) in [7, 11) is 0. The Morgan fingerprint density at radius 1 is 1.35 bits per heavy atom. The van der Waals surface area contributed by atoms with Gasteiger partial charge in [-0.25, -0.2) is 9.98 Å². The van der Waals surface area contributed by atoms with Crippen LogP contribution < -0.4 is 11.1 Å². The summed E-state index contributed by atoms with van der Waals surface area (Å²) >= 11 is 1.68. The van der Waals surface area contributed by atoms with Gasteiger partial charge >= 0.3 is 0 Å². The van der Waals surface area contributed by atoms with Crippen molar-refractivity contribution in [1.82, 2.24) is 4.98 Å². The number of thiazole rings is 1. The zero-order valence-corrected chi connectivity index (χ0v) is 17.2. The van der Waals surface area contributed by atoms with Gasteiger partial charge < -0.3 is 11.1 Å². The van der Waals surface area contributed by atoms with Gasteiger partial charge in [0.15, 0.2) is 5.96 Å². The fourth-order valence-electron chi connectivity index (χ4n) is 1.95. The van der Waals surface area contributed by atoms with E-state index in [1.165, 1.54) is 5.56 Å². The molecular formula is C17H25IN4S. The van der Waals surface area contributed by atoms with E-state index in [1.54, 1.807) is 11.3 Å². The first-order valence-corrected chi connectivity index (χ1v) is 8.37. The summed E-state index contributed by atoms with van der Waals surface area (Å²) in [6, 6.07) is 8.19. The first kappa shape index (κ1) is 19.9. The van der Waals surface area contributed by atoms with Crippen molar-refractivity contribution >= 4 is 47.0 Å². The highest BCUT2D eigenvalue weighted by atomic mass is 127. The lowest BCUT2D eigenvalue weighted by Gasteiger charge is -2.13. The maximum absolute atomic E-state index is 5.95. The molecule has 0 aliphatic rings. The Balaban J connectivity index is 0.00000264. The summed E-state index contributed by atoms with van der Waals surface area (Å²) in [4.78, 5) is 8.98. The van der Waals surface area contributed by atoms with Crippen molar-refractivity contribution in [1.29, 1.82) is 0 Å². The van der Waals surface area contributed by atoms with E-state index in [2.05, 4.69) is 60.5 Å². The van der Waals surface area contributed by atoms with Gasteiger partial charge in [0.1, 0.15) is 0 Å². The van der Waals surface area contributed by atoms with Gasteiger partial charge in [-0.2, -0.15) is 0 Å². The Bertz CT molecular complexity index is 659. The van der Waals surface area contributed by atoms with Crippen LogP contribution in [-0.4, -0.2) is 10.9 Å². The number of aryl methyl sites for hydroxylation is 1. The van der Waals surface area contributed by atoms with Crippen molar-refractivity contribution in [3.63, 3.8) is 0 Å². The third-order valence-corrected chi connectivity index (χ3v) is 4.53. The maximum atomic E-state index is 5.95. The van der Waals surface area contributed by atoms with Gasteiger partial charge in [0.2, 0.25) is 0 Å². The van der Waals surface area contributed by atoms with Crippen LogP contribution in [0.3, 0.4) is 0 Å². The third kappa shape index (κ3) is 6.10. The molecular weight excluding hydrogens is 419 g/mol. The number of aromatic nitrogens is 1. The molecule has 0 unspecified atom stereocenters. The lowest BCUT2D eigenvalue weighted by molar-refractivity contribution is 0.583. The second-order valence-electron chi connectivity index (χ2n) is 6.27. The molecule has 0 atom stereocenters. The van der Waals surface area contributed by atoms with Crippen molar-refractivity contribution in [3.8, 4) is 0 Å². The van der Waals surface area contributed by atoms with E-state index in [-0.39, 0.29) is 29.4 Å². The molecule has 0 aliphatic heterocycles. The van der Waals surface area contributed by atoms with Crippen molar-refractivity contribution in [2.75, 3.05) is 5.32 Å². The van der Waals surface area contributed by atoms with Gasteiger partial charge in [-0.1, -0.05) is 39.8 Å². The molecule has 126 valence electrons. The molecule has 23 heavy (non-hydrogen) atoms. The third-order valence-electron chi connectivity index (χ3n) is 3.21. The highest BCUT2D eigenvalue weighted by molar-refractivity contribution is 14.0. The quantitative estimate of drug-likeness (QED) is 0.413. The van der Waals surface area contributed by atoms with Gasteiger partial charge in [0.05, 0.1) is 17.2 Å². The summed E-state index contributed by atoms with van der Waals surface area (Å²) < 4.78 is 0. The highest BCUT2D eigenvalue weighted by Crippen LogP contribution is 2.25. The van der Waals surface area contributed by atoms with E-state index in [0.717, 1.165) is 22.8 Å². The number of halogens is 1. The highest BCUT2D eigenvalue weighted by Gasteiger charge is 2.17. The molecule has 0 spiro atoms. The van der Waals surface area contributed by atoms with Crippen LogP contribution >= 0.6 is 35.3 Å². The van der Waals surface area contributed by atoms with Crippen LogP contribution in [0, 0.1) is 0 Å². The summed E-state index contributed by atoms with van der Waals surface area (Å²) in [5.74, 6) is 0.415. The predicted molar refractivity (Wildman–Crippen MR) is 111 cm³/mol. The number of aliphatic imine (C=N–C) groups is 1. The van der Waals surface area contributed by atoms with Crippen molar-refractivity contribution in [2.24, 2.45) is 10.7 Å². The average Bonchev–Trinajstić information content (AvgIpc) is 2.94. The van der Waals surface area contributed by atoms with E-state index in [1.807, 2.05) is 12.1 Å². The van der Waals surface area contributed by atoms with Crippen molar-refractivity contribution < 1.29 is 0 Å². The molecule has 0 bridgehead atoms. The first-order chi connectivity index (χ1) is 10.4. The van der Waals surface area contributed by atoms with E-state index < -0.39 is 0 Å². The standard InChI is InChI=1S/C17H24N4S.HI/c1-5-12-7-6-8-13(9-12)21-16(18)19-10-14-11-22-15(20-14)17(2,3)4;/h6-9,11H,5,10H2,1-4H3,(H3,18,19,21);1H. The molecule has 2 aromatic rings. The van der Waals surface area contributed by atoms with Crippen LogP contribution in [-0.2, 0) is 18.4 Å². The number of rotatable bonds is 4. The molecule has 4 nitrogen and oxygen atoms in total. The van der Waals surface area contributed by atoms with Crippen molar-refractivity contribution in [2.45, 2.75) is 46.1 Å². The Labute approximate surface area is 159 Å². The van der Waals surface area contributed by atoms with E-state index in [0.29, 0.717) is 12.5 Å². The van der Waals surface area contributed by atoms with Crippen LogP contribution in [0.5, 0.6) is 0 Å². The van der Waals surface area contributed by atoms with Gasteiger partial charge in [0.25, 0.3) is 0 Å². The molecule has 0 aliphatic carbocycles. The summed E-state index contributed by atoms with van der Waals surface area (Å²) in [6.45, 7) is 9.12. The number of hydrogen-bond donors (Lipinski definition) is 2. The number of hydrogen-bond acceptors (Lipinski definition) is 3. The van der Waals surface area contributed by atoms with Crippen LogP contribution in [0.15, 0.2) is 34.6 Å². The Hall–Kier alpha value is -1.15. The van der Waals surface area contributed by atoms with Crippen LogP contribution in [0.4, 0.5) is 5.69 Å². The number of nitrogens with zero attached hydrogens (tertiary/aromatic N) is 2. The lowest BCUT2D eigenvalue weighted by Crippen LogP contribution is -2.22. The molecule has 3 N–H and O–H groups in total. The largest absolute Gasteiger partial charge is 0.370 e. The molecule has 1 heterocycles. The number of nitrogens with two attached hydrogens (primary N) is 1. The number of guanidine groups is 1. The van der Waals surface area contributed by atoms with E-state index >= 15 is 0 Å². The second kappa shape index (κ2) is 8.63. The minimum absolute atomic E-state index is 0. The second-order valence-corrected chi connectivity index (χ2v) is 7.13. The molecule has 0 amide bonds. The smallest absolute Gasteiger partial charge is 0.193 e. The van der Waals surface area contributed by atoms with Crippen LogP contribution in [0.2, 0.25) is 0 Å². The van der Waals surface area contributed by atoms with E-state index in [4.69, 9.17) is 5.73 Å². The predicted octanol–water partition coefficient (Wildman–Crippen LogP) is 4.55. The Kier molecular flexibility index (Phi) is 7.47. The Morgan fingerprint density at radius 2 is 2.09 bits per heavy atom. The zero-order chi connectivity index (χ0) is 16.2. The van der Waals surface area contributed by atoms with Gasteiger partial charge in [0, 0.05) is 16.5 Å². The Morgan fingerprint density at radius 3 is 2.70 bits per heavy atom. The fraction of sp³-hybridized carbons (Fsp3) is 0.412. The van der Waals surface area contributed by atoms with Gasteiger partial charge in [-0.05, 0) is 24.1 Å². The maximum Gasteiger partial charge on any atom is 0.193 e. The minimum atomic E-state index is 0. The molecule has 0 fully saturated rings. The zero-order valence-electron chi connectivity index (χ0n) is 14.1. The molecule has 0 saturated heterocycles. The lowest BCUT2D eigenvalue weighted by atomic mass is 9.98.